The summed E-state index contributed by atoms with van der Waals surface area (Å²) in [5.74, 6) is -0.663. The predicted molar refractivity (Wildman–Crippen MR) is 106 cm³/mol. The summed E-state index contributed by atoms with van der Waals surface area (Å²) in [5.41, 5.74) is 3.22. The second-order valence-corrected chi connectivity index (χ2v) is 6.23. The molecular weight excluding hydrogens is 338 g/mol. The van der Waals surface area contributed by atoms with Crippen LogP contribution in [0, 0.1) is 11.3 Å². The van der Waals surface area contributed by atoms with Crippen LogP contribution in [0.1, 0.15) is 11.3 Å². The third kappa shape index (κ3) is 4.50. The number of para-hydroxylation sites is 1. The highest BCUT2D eigenvalue weighted by atomic mass is 16.5. The van der Waals surface area contributed by atoms with Crippen LogP contribution in [0.15, 0.2) is 66.2 Å². The number of hydrogen-bond donors (Lipinski definition) is 0. The van der Waals surface area contributed by atoms with Gasteiger partial charge < -0.3 is 9.64 Å². The number of benzene rings is 2. The van der Waals surface area contributed by atoms with Gasteiger partial charge in [0.15, 0.2) is 0 Å². The Hall–Kier alpha value is -3.65. The highest BCUT2D eigenvalue weighted by Gasteiger charge is 2.12. The van der Waals surface area contributed by atoms with Crippen LogP contribution in [0.25, 0.3) is 17.0 Å². The van der Waals surface area contributed by atoms with Gasteiger partial charge in [-0.1, -0.05) is 36.4 Å². The van der Waals surface area contributed by atoms with Crippen LogP contribution in [0.4, 0.5) is 5.69 Å². The molecular formula is C22H19N3O2. The Balaban J connectivity index is 1.69. The molecule has 0 spiro atoms. The zero-order valence-corrected chi connectivity index (χ0v) is 15.2. The molecule has 5 heteroatoms. The van der Waals surface area contributed by atoms with Crippen molar-refractivity contribution in [2.75, 3.05) is 19.0 Å². The number of carbonyl (C=O) groups excluding carboxylic acids is 1. The Morgan fingerprint density at radius 2 is 1.85 bits per heavy atom. The molecule has 5 nitrogen and oxygen atoms in total. The summed E-state index contributed by atoms with van der Waals surface area (Å²) in [4.78, 5) is 18.7. The predicted octanol–water partition coefficient (Wildman–Crippen LogP) is 3.95. The SMILES string of the molecule is CN(C)c1ccc(/C=C(\C#N)C(=O)OCc2ccc3ccccc3n2)cc1. The average Bonchev–Trinajstić information content (AvgIpc) is 2.70. The lowest BCUT2D eigenvalue weighted by atomic mass is 10.1. The maximum absolute atomic E-state index is 12.2. The number of fused-ring (bicyclic) bond motifs is 1. The number of pyridine rings is 1. The molecule has 1 aromatic heterocycles. The van der Waals surface area contributed by atoms with E-state index in [-0.39, 0.29) is 12.2 Å². The highest BCUT2D eigenvalue weighted by molar-refractivity contribution is 5.97. The Labute approximate surface area is 158 Å². The monoisotopic (exact) mass is 357 g/mol. The molecule has 0 aliphatic carbocycles. The number of esters is 1. The molecule has 0 N–H and O–H groups in total. The van der Waals surface area contributed by atoms with Crippen molar-refractivity contribution in [1.29, 1.82) is 5.26 Å². The molecule has 0 atom stereocenters. The molecule has 0 saturated carbocycles. The quantitative estimate of drug-likeness (QED) is 0.393. The van der Waals surface area contributed by atoms with Crippen LogP contribution in [0.2, 0.25) is 0 Å². The number of aromatic nitrogens is 1. The van der Waals surface area contributed by atoms with Crippen LogP contribution in [-0.4, -0.2) is 25.0 Å². The van der Waals surface area contributed by atoms with Gasteiger partial charge in [0.25, 0.3) is 0 Å². The second-order valence-electron chi connectivity index (χ2n) is 6.23. The first kappa shape index (κ1) is 18.2. The van der Waals surface area contributed by atoms with Crippen LogP contribution in [0.5, 0.6) is 0 Å². The molecule has 0 aliphatic rings. The maximum Gasteiger partial charge on any atom is 0.349 e. The van der Waals surface area contributed by atoms with Gasteiger partial charge in [0.05, 0.1) is 11.2 Å². The molecule has 0 unspecified atom stereocenters. The summed E-state index contributed by atoms with van der Waals surface area (Å²) in [7, 11) is 3.90. The largest absolute Gasteiger partial charge is 0.455 e. The van der Waals surface area contributed by atoms with E-state index in [0.29, 0.717) is 5.69 Å². The number of nitrogens with zero attached hydrogens (tertiary/aromatic N) is 3. The fraction of sp³-hybridized carbons (Fsp3) is 0.136. The second kappa shape index (κ2) is 8.15. The Kier molecular flexibility index (Phi) is 5.48. The number of ether oxygens (including phenoxy) is 1. The minimum atomic E-state index is -0.663. The van der Waals surface area contributed by atoms with Crippen molar-refractivity contribution in [2.45, 2.75) is 6.61 Å². The van der Waals surface area contributed by atoms with Crippen molar-refractivity contribution in [2.24, 2.45) is 0 Å². The molecule has 27 heavy (non-hydrogen) atoms. The van der Waals surface area contributed by atoms with E-state index < -0.39 is 5.97 Å². The number of carbonyl (C=O) groups is 1. The lowest BCUT2D eigenvalue weighted by Gasteiger charge is -2.11. The van der Waals surface area contributed by atoms with Gasteiger partial charge in [-0.2, -0.15) is 5.26 Å². The normalized spacial score (nSPS) is 11.1. The summed E-state index contributed by atoms with van der Waals surface area (Å²) < 4.78 is 5.26. The third-order valence-corrected chi connectivity index (χ3v) is 4.07. The van der Waals surface area contributed by atoms with Crippen molar-refractivity contribution < 1.29 is 9.53 Å². The Morgan fingerprint density at radius 3 is 2.56 bits per heavy atom. The smallest absolute Gasteiger partial charge is 0.349 e. The zero-order chi connectivity index (χ0) is 19.2. The van der Waals surface area contributed by atoms with Crippen LogP contribution >= 0.6 is 0 Å². The summed E-state index contributed by atoms with van der Waals surface area (Å²) in [6.07, 6.45) is 1.52. The van der Waals surface area contributed by atoms with Crippen molar-refractivity contribution in [3.05, 3.63) is 77.5 Å². The van der Waals surface area contributed by atoms with Crippen molar-refractivity contribution in [1.82, 2.24) is 4.98 Å². The molecule has 0 radical (unpaired) electrons. The van der Waals surface area contributed by atoms with E-state index in [4.69, 9.17) is 4.74 Å². The summed E-state index contributed by atoms with van der Waals surface area (Å²) >= 11 is 0. The fourth-order valence-electron chi connectivity index (χ4n) is 2.58. The van der Waals surface area contributed by atoms with Gasteiger partial charge in [0.1, 0.15) is 18.2 Å². The van der Waals surface area contributed by atoms with Gasteiger partial charge in [0.2, 0.25) is 0 Å². The van der Waals surface area contributed by atoms with E-state index in [9.17, 15) is 10.1 Å². The first-order valence-electron chi connectivity index (χ1n) is 8.48. The van der Waals surface area contributed by atoms with E-state index in [1.165, 1.54) is 6.08 Å². The first-order chi connectivity index (χ1) is 13.1. The zero-order valence-electron chi connectivity index (χ0n) is 15.2. The molecule has 0 amide bonds. The average molecular weight is 357 g/mol. The van der Waals surface area contributed by atoms with E-state index in [0.717, 1.165) is 22.2 Å². The Bertz CT molecular complexity index is 1030. The van der Waals surface area contributed by atoms with E-state index >= 15 is 0 Å². The highest BCUT2D eigenvalue weighted by Crippen LogP contribution is 2.16. The van der Waals surface area contributed by atoms with Gasteiger partial charge in [-0.25, -0.2) is 9.78 Å². The Morgan fingerprint density at radius 1 is 1.11 bits per heavy atom. The fourth-order valence-corrected chi connectivity index (χ4v) is 2.58. The van der Waals surface area contributed by atoms with Crippen LogP contribution in [-0.2, 0) is 16.1 Å². The standard InChI is InChI=1S/C22H19N3O2/c1-25(2)20-11-7-16(8-12-20)13-18(14-23)22(26)27-15-19-10-9-17-5-3-4-6-21(17)24-19/h3-13H,15H2,1-2H3/b18-13+. The summed E-state index contributed by atoms with van der Waals surface area (Å²) in [6, 6.07) is 20.9. The van der Waals surface area contributed by atoms with Gasteiger partial charge in [-0.15, -0.1) is 0 Å². The van der Waals surface area contributed by atoms with Crippen molar-refractivity contribution in [3.8, 4) is 6.07 Å². The molecule has 0 fully saturated rings. The minimum Gasteiger partial charge on any atom is -0.455 e. The molecule has 134 valence electrons. The molecule has 1 heterocycles. The molecule has 0 bridgehead atoms. The maximum atomic E-state index is 12.2. The number of rotatable bonds is 5. The van der Waals surface area contributed by atoms with E-state index in [1.54, 1.807) is 0 Å². The first-order valence-corrected chi connectivity index (χ1v) is 8.48. The molecule has 3 aromatic rings. The lowest BCUT2D eigenvalue weighted by Crippen LogP contribution is -2.08. The van der Waals surface area contributed by atoms with Gasteiger partial charge in [-0.05, 0) is 35.9 Å². The van der Waals surface area contributed by atoms with Gasteiger partial charge in [-0.3, -0.25) is 0 Å². The molecule has 0 aliphatic heterocycles. The van der Waals surface area contributed by atoms with Crippen molar-refractivity contribution >= 4 is 28.6 Å². The van der Waals surface area contributed by atoms with Gasteiger partial charge in [0, 0.05) is 25.2 Å². The van der Waals surface area contributed by atoms with Crippen molar-refractivity contribution in [3.63, 3.8) is 0 Å². The minimum absolute atomic E-state index is 0.0161. The summed E-state index contributed by atoms with van der Waals surface area (Å²) in [5, 5.41) is 10.3. The number of hydrogen-bond acceptors (Lipinski definition) is 5. The molecule has 2 aromatic carbocycles. The van der Waals surface area contributed by atoms with Crippen LogP contribution < -0.4 is 4.90 Å². The molecule has 3 rings (SSSR count). The lowest BCUT2D eigenvalue weighted by molar-refractivity contribution is -0.139. The summed E-state index contributed by atoms with van der Waals surface area (Å²) in [6.45, 7) is 0.0161. The third-order valence-electron chi connectivity index (χ3n) is 4.07. The van der Waals surface area contributed by atoms with Gasteiger partial charge >= 0.3 is 5.97 Å². The van der Waals surface area contributed by atoms with Crippen LogP contribution in [0.3, 0.4) is 0 Å². The number of nitriles is 1. The topological polar surface area (TPSA) is 66.2 Å². The molecule has 0 saturated heterocycles. The number of anilines is 1. The van der Waals surface area contributed by atoms with E-state index in [2.05, 4.69) is 4.98 Å². The van der Waals surface area contributed by atoms with E-state index in [1.807, 2.05) is 85.7 Å².